The van der Waals surface area contributed by atoms with Gasteiger partial charge in [-0.1, -0.05) is 20.3 Å². The average molecular weight is 274 g/mol. The van der Waals surface area contributed by atoms with E-state index in [4.69, 9.17) is 0 Å². The summed E-state index contributed by atoms with van der Waals surface area (Å²) in [6, 6.07) is 3.72. The molecule has 0 saturated carbocycles. The first-order chi connectivity index (χ1) is 9.65. The number of hydrogen-bond acceptors (Lipinski definition) is 2. The first-order valence-electron chi connectivity index (χ1n) is 7.11. The zero-order chi connectivity index (χ0) is 14.5. The summed E-state index contributed by atoms with van der Waals surface area (Å²) < 4.78 is 1.95. The molecule has 2 rings (SSSR count). The molecule has 20 heavy (non-hydrogen) atoms. The van der Waals surface area contributed by atoms with Crippen LogP contribution in [-0.4, -0.2) is 20.4 Å². The molecule has 0 aromatic carbocycles. The fraction of sp³-hybridized carbons (Fsp3) is 0.467. The van der Waals surface area contributed by atoms with E-state index < -0.39 is 0 Å². The number of nitrogens with zero attached hydrogens (tertiary/aromatic N) is 2. The predicted molar refractivity (Wildman–Crippen MR) is 78.5 cm³/mol. The van der Waals surface area contributed by atoms with Crippen molar-refractivity contribution in [1.29, 1.82) is 0 Å². The second-order valence-corrected chi connectivity index (χ2v) is 4.96. The molecule has 0 aliphatic rings. The topological polar surface area (TPSA) is 62.7 Å². The molecule has 1 unspecified atom stereocenters. The number of imidazole rings is 1. The Hall–Kier alpha value is -2.04. The van der Waals surface area contributed by atoms with Crippen LogP contribution in [-0.2, 0) is 13.5 Å². The summed E-state index contributed by atoms with van der Waals surface area (Å²) in [5.74, 6) is 0.814. The molecule has 0 aliphatic heterocycles. The van der Waals surface area contributed by atoms with E-state index in [0.29, 0.717) is 5.69 Å². The van der Waals surface area contributed by atoms with E-state index in [0.717, 1.165) is 30.8 Å². The van der Waals surface area contributed by atoms with Crippen LogP contribution in [0.1, 0.15) is 54.7 Å². The first kappa shape index (κ1) is 14.4. The van der Waals surface area contributed by atoms with Gasteiger partial charge in [0.15, 0.2) is 0 Å². The van der Waals surface area contributed by atoms with Gasteiger partial charge in [0.05, 0.1) is 6.04 Å². The average Bonchev–Trinajstić information content (AvgIpc) is 3.06. The zero-order valence-electron chi connectivity index (χ0n) is 12.3. The van der Waals surface area contributed by atoms with Crippen LogP contribution >= 0.6 is 0 Å². The van der Waals surface area contributed by atoms with E-state index in [-0.39, 0.29) is 11.9 Å². The van der Waals surface area contributed by atoms with Crippen molar-refractivity contribution in [2.24, 2.45) is 7.05 Å². The van der Waals surface area contributed by atoms with Crippen LogP contribution in [0.25, 0.3) is 0 Å². The normalized spacial score (nSPS) is 12.3. The van der Waals surface area contributed by atoms with Gasteiger partial charge in [-0.05, 0) is 25.0 Å². The highest BCUT2D eigenvalue weighted by molar-refractivity contribution is 5.92. The van der Waals surface area contributed by atoms with Crippen molar-refractivity contribution in [3.8, 4) is 0 Å². The lowest BCUT2D eigenvalue weighted by Gasteiger charge is -2.17. The summed E-state index contributed by atoms with van der Waals surface area (Å²) in [6.07, 6.45) is 6.41. The van der Waals surface area contributed by atoms with E-state index in [1.165, 1.54) is 0 Å². The molecule has 0 spiro atoms. The molecule has 108 valence electrons. The molecule has 5 heteroatoms. The van der Waals surface area contributed by atoms with Gasteiger partial charge < -0.3 is 14.9 Å². The van der Waals surface area contributed by atoms with Crippen LogP contribution in [0.4, 0.5) is 0 Å². The Labute approximate surface area is 119 Å². The second kappa shape index (κ2) is 6.41. The van der Waals surface area contributed by atoms with Gasteiger partial charge in [-0.25, -0.2) is 4.98 Å². The smallest absolute Gasteiger partial charge is 0.268 e. The number of H-pyrrole nitrogens is 1. The molecule has 2 heterocycles. The SMILES string of the molecule is CCCC(NC(=O)c1ccc(CC)[nH]1)c1nccn1C. The number of nitrogens with one attached hydrogen (secondary N) is 2. The van der Waals surface area contributed by atoms with Gasteiger partial charge in [-0.2, -0.15) is 0 Å². The molecule has 0 fully saturated rings. The summed E-state index contributed by atoms with van der Waals surface area (Å²) in [5, 5.41) is 3.06. The van der Waals surface area contributed by atoms with Crippen LogP contribution in [0.2, 0.25) is 0 Å². The number of aryl methyl sites for hydroxylation is 2. The van der Waals surface area contributed by atoms with Crippen LogP contribution in [0.15, 0.2) is 24.5 Å². The lowest BCUT2D eigenvalue weighted by atomic mass is 10.1. The quantitative estimate of drug-likeness (QED) is 0.850. The van der Waals surface area contributed by atoms with E-state index in [9.17, 15) is 4.79 Å². The highest BCUT2D eigenvalue weighted by Crippen LogP contribution is 2.17. The molecule has 0 saturated heterocycles. The van der Waals surface area contributed by atoms with Crippen molar-refractivity contribution in [3.05, 3.63) is 41.7 Å². The highest BCUT2D eigenvalue weighted by Gasteiger charge is 2.19. The van der Waals surface area contributed by atoms with Crippen molar-refractivity contribution in [2.75, 3.05) is 0 Å². The maximum atomic E-state index is 12.3. The number of carbonyl (C=O) groups excluding carboxylic acids is 1. The molecule has 0 radical (unpaired) electrons. The minimum Gasteiger partial charge on any atom is -0.354 e. The molecule has 2 aromatic heterocycles. The van der Waals surface area contributed by atoms with Crippen LogP contribution in [0, 0.1) is 0 Å². The third-order valence-electron chi connectivity index (χ3n) is 3.42. The minimum atomic E-state index is -0.0776. The van der Waals surface area contributed by atoms with Crippen LogP contribution in [0.3, 0.4) is 0 Å². The van der Waals surface area contributed by atoms with Crippen molar-refractivity contribution < 1.29 is 4.79 Å². The maximum Gasteiger partial charge on any atom is 0.268 e. The Morgan fingerprint density at radius 1 is 1.45 bits per heavy atom. The lowest BCUT2D eigenvalue weighted by Crippen LogP contribution is -2.30. The van der Waals surface area contributed by atoms with Gasteiger partial charge in [0.1, 0.15) is 11.5 Å². The van der Waals surface area contributed by atoms with Gasteiger partial charge in [-0.3, -0.25) is 4.79 Å². The molecule has 2 aromatic rings. The second-order valence-electron chi connectivity index (χ2n) is 4.96. The molecule has 5 nitrogen and oxygen atoms in total. The van der Waals surface area contributed by atoms with Gasteiger partial charge in [-0.15, -0.1) is 0 Å². The van der Waals surface area contributed by atoms with Crippen LogP contribution < -0.4 is 5.32 Å². The van der Waals surface area contributed by atoms with E-state index in [1.807, 2.05) is 29.9 Å². The molecule has 2 N–H and O–H groups in total. The van der Waals surface area contributed by atoms with Gasteiger partial charge in [0.2, 0.25) is 0 Å². The van der Waals surface area contributed by atoms with Gasteiger partial charge in [0.25, 0.3) is 5.91 Å². The monoisotopic (exact) mass is 274 g/mol. The summed E-state index contributed by atoms with van der Waals surface area (Å²) in [5.41, 5.74) is 1.68. The minimum absolute atomic E-state index is 0.0547. The predicted octanol–water partition coefficient (Wildman–Crippen LogP) is 2.58. The number of aromatic amines is 1. The Morgan fingerprint density at radius 2 is 2.25 bits per heavy atom. The highest BCUT2D eigenvalue weighted by atomic mass is 16.1. The fourth-order valence-electron chi connectivity index (χ4n) is 2.28. The number of carbonyl (C=O) groups is 1. The van der Waals surface area contributed by atoms with E-state index in [2.05, 4.69) is 29.1 Å². The van der Waals surface area contributed by atoms with Crippen molar-refractivity contribution in [2.45, 2.75) is 39.2 Å². The molecular formula is C15H22N4O. The number of amides is 1. The molecule has 0 aliphatic carbocycles. The summed E-state index contributed by atoms with van der Waals surface area (Å²) in [6.45, 7) is 4.16. The summed E-state index contributed by atoms with van der Waals surface area (Å²) >= 11 is 0. The number of rotatable bonds is 6. The molecule has 1 atom stereocenters. The first-order valence-corrected chi connectivity index (χ1v) is 7.11. The van der Waals surface area contributed by atoms with Crippen molar-refractivity contribution in [1.82, 2.24) is 19.9 Å². The van der Waals surface area contributed by atoms with Gasteiger partial charge in [0, 0.05) is 25.1 Å². The third-order valence-corrected chi connectivity index (χ3v) is 3.42. The van der Waals surface area contributed by atoms with Crippen molar-refractivity contribution >= 4 is 5.91 Å². The largest absolute Gasteiger partial charge is 0.354 e. The Kier molecular flexibility index (Phi) is 4.61. The van der Waals surface area contributed by atoms with Gasteiger partial charge >= 0.3 is 0 Å². The Morgan fingerprint density at radius 3 is 2.80 bits per heavy atom. The van der Waals surface area contributed by atoms with Crippen molar-refractivity contribution in [3.63, 3.8) is 0 Å². The lowest BCUT2D eigenvalue weighted by molar-refractivity contribution is 0.0927. The summed E-state index contributed by atoms with van der Waals surface area (Å²) in [7, 11) is 1.95. The Balaban J connectivity index is 2.12. The standard InChI is InChI=1S/C15H22N4O/c1-4-6-12(14-16-9-10-19(14)3)18-15(20)13-8-7-11(5-2)17-13/h7-10,12,17H,4-6H2,1-3H3,(H,18,20). The summed E-state index contributed by atoms with van der Waals surface area (Å²) in [4.78, 5) is 19.8. The Bertz CT molecular complexity index is 570. The fourth-order valence-corrected chi connectivity index (χ4v) is 2.28. The van der Waals surface area contributed by atoms with E-state index >= 15 is 0 Å². The molecule has 1 amide bonds. The third kappa shape index (κ3) is 3.10. The maximum absolute atomic E-state index is 12.3. The van der Waals surface area contributed by atoms with Crippen LogP contribution in [0.5, 0.6) is 0 Å². The van der Waals surface area contributed by atoms with E-state index in [1.54, 1.807) is 6.20 Å². The molecule has 0 bridgehead atoms. The molecular weight excluding hydrogens is 252 g/mol. The number of aromatic nitrogens is 3. The zero-order valence-corrected chi connectivity index (χ0v) is 12.3. The number of hydrogen-bond donors (Lipinski definition) is 2.